The number of hydrogen-bond donors (Lipinski definition) is 1. The van der Waals surface area contributed by atoms with Crippen LogP contribution in [0.1, 0.15) is 25.7 Å². The monoisotopic (exact) mass is 204 g/mol. The second kappa shape index (κ2) is 4.11. The van der Waals surface area contributed by atoms with Crippen molar-refractivity contribution >= 4 is 0 Å². The Morgan fingerprint density at radius 1 is 1.29 bits per heavy atom. The third-order valence-electron chi connectivity index (χ3n) is 3.15. The molecule has 1 N–H and O–H groups in total. The molecule has 2 nitrogen and oxygen atoms in total. The highest BCUT2D eigenvalue weighted by atomic mass is 19.3. The predicted molar refractivity (Wildman–Crippen MR) is 51.6 cm³/mol. The normalized spacial score (nSPS) is 33.4. The van der Waals surface area contributed by atoms with E-state index >= 15 is 0 Å². The molecule has 0 radical (unpaired) electrons. The van der Waals surface area contributed by atoms with E-state index in [-0.39, 0.29) is 18.9 Å². The van der Waals surface area contributed by atoms with E-state index in [1.165, 1.54) is 12.8 Å². The van der Waals surface area contributed by atoms with Crippen molar-refractivity contribution < 1.29 is 8.78 Å². The van der Waals surface area contributed by atoms with E-state index in [0.29, 0.717) is 6.54 Å². The van der Waals surface area contributed by atoms with Crippen LogP contribution >= 0.6 is 0 Å². The van der Waals surface area contributed by atoms with Gasteiger partial charge in [-0.2, -0.15) is 0 Å². The average molecular weight is 204 g/mol. The maximum absolute atomic E-state index is 13.1. The number of nitrogens with one attached hydrogen (secondary N) is 1. The lowest BCUT2D eigenvalue weighted by Crippen LogP contribution is -2.48. The van der Waals surface area contributed by atoms with Crippen LogP contribution in [0.15, 0.2) is 0 Å². The molecule has 0 aromatic carbocycles. The van der Waals surface area contributed by atoms with Gasteiger partial charge < -0.3 is 10.2 Å². The van der Waals surface area contributed by atoms with Crippen LogP contribution in [0, 0.1) is 0 Å². The second-order valence-electron chi connectivity index (χ2n) is 4.47. The summed E-state index contributed by atoms with van der Waals surface area (Å²) in [5, 5.41) is 3.18. The number of hydrogen-bond acceptors (Lipinski definition) is 2. The predicted octanol–water partition coefficient (Wildman–Crippen LogP) is 1.47. The fraction of sp³-hybridized carbons (Fsp3) is 1.00. The van der Waals surface area contributed by atoms with Gasteiger partial charge in [0.1, 0.15) is 0 Å². The van der Waals surface area contributed by atoms with Gasteiger partial charge in [-0.25, -0.2) is 8.78 Å². The Kier molecular flexibility index (Phi) is 3.02. The van der Waals surface area contributed by atoms with Gasteiger partial charge in [0.15, 0.2) is 0 Å². The maximum Gasteiger partial charge on any atom is 0.250 e. The van der Waals surface area contributed by atoms with Gasteiger partial charge in [-0.05, 0) is 25.9 Å². The van der Waals surface area contributed by atoms with Crippen LogP contribution in [-0.2, 0) is 0 Å². The number of nitrogens with zero attached hydrogens (tertiary/aromatic N) is 1. The van der Waals surface area contributed by atoms with E-state index in [4.69, 9.17) is 0 Å². The fourth-order valence-corrected chi connectivity index (χ4v) is 2.40. The zero-order valence-electron chi connectivity index (χ0n) is 8.44. The third kappa shape index (κ3) is 2.64. The summed E-state index contributed by atoms with van der Waals surface area (Å²) in [4.78, 5) is 2.29. The van der Waals surface area contributed by atoms with Crippen molar-refractivity contribution in [2.45, 2.75) is 37.6 Å². The lowest BCUT2D eigenvalue weighted by atomic mass is 10.0. The first-order valence-electron chi connectivity index (χ1n) is 5.49. The first kappa shape index (κ1) is 10.3. The van der Waals surface area contributed by atoms with Gasteiger partial charge in [-0.3, -0.25) is 0 Å². The number of alkyl halides is 2. The molecule has 14 heavy (non-hydrogen) atoms. The Balaban J connectivity index is 1.79. The molecule has 0 aromatic heterocycles. The number of halogens is 2. The van der Waals surface area contributed by atoms with Gasteiger partial charge >= 0.3 is 0 Å². The zero-order valence-corrected chi connectivity index (χ0v) is 8.44. The summed E-state index contributed by atoms with van der Waals surface area (Å²) in [7, 11) is 0. The molecule has 1 atom stereocenters. The number of rotatable bonds is 2. The molecule has 0 spiro atoms. The molecule has 2 aliphatic rings. The van der Waals surface area contributed by atoms with Crippen LogP contribution < -0.4 is 5.32 Å². The Bertz CT molecular complexity index is 191. The summed E-state index contributed by atoms with van der Waals surface area (Å²) in [6.07, 6.45) is 2.47. The van der Waals surface area contributed by atoms with E-state index in [0.717, 1.165) is 19.6 Å². The number of piperidine rings is 1. The largest absolute Gasteiger partial charge is 0.312 e. The minimum Gasteiger partial charge on any atom is -0.312 e. The van der Waals surface area contributed by atoms with E-state index in [2.05, 4.69) is 10.2 Å². The molecular weight excluding hydrogens is 186 g/mol. The first-order chi connectivity index (χ1) is 6.66. The van der Waals surface area contributed by atoms with Crippen LogP contribution in [0.5, 0.6) is 0 Å². The minimum absolute atomic E-state index is 0.00292. The Morgan fingerprint density at radius 3 is 2.64 bits per heavy atom. The minimum atomic E-state index is -2.43. The van der Waals surface area contributed by atoms with Crippen molar-refractivity contribution in [1.82, 2.24) is 10.2 Å². The molecule has 82 valence electrons. The maximum atomic E-state index is 13.1. The second-order valence-corrected chi connectivity index (χ2v) is 4.47. The van der Waals surface area contributed by atoms with Crippen LogP contribution in [0.25, 0.3) is 0 Å². The van der Waals surface area contributed by atoms with Gasteiger partial charge in [0.25, 0.3) is 5.92 Å². The molecule has 2 saturated heterocycles. The molecular formula is C10H18F2N2. The van der Waals surface area contributed by atoms with Gasteiger partial charge in [-0.15, -0.1) is 0 Å². The van der Waals surface area contributed by atoms with Crippen LogP contribution in [-0.4, -0.2) is 43.0 Å². The van der Waals surface area contributed by atoms with Gasteiger partial charge in [0.05, 0.1) is 0 Å². The Labute approximate surface area is 83.7 Å². The Hall–Kier alpha value is -0.220. The third-order valence-corrected chi connectivity index (χ3v) is 3.15. The van der Waals surface area contributed by atoms with Crippen LogP contribution in [0.2, 0.25) is 0 Å². The van der Waals surface area contributed by atoms with Crippen molar-refractivity contribution in [3.63, 3.8) is 0 Å². The highest BCUT2D eigenvalue weighted by Gasteiger charge is 2.36. The van der Waals surface area contributed by atoms with Crippen molar-refractivity contribution in [1.29, 1.82) is 0 Å². The van der Waals surface area contributed by atoms with Crippen molar-refractivity contribution in [3.8, 4) is 0 Å². The molecule has 2 rings (SSSR count). The summed E-state index contributed by atoms with van der Waals surface area (Å²) in [6.45, 7) is 3.44. The summed E-state index contributed by atoms with van der Waals surface area (Å²) >= 11 is 0. The van der Waals surface area contributed by atoms with E-state index < -0.39 is 5.92 Å². The molecule has 2 heterocycles. The fourth-order valence-electron chi connectivity index (χ4n) is 2.40. The lowest BCUT2D eigenvalue weighted by molar-refractivity contribution is -0.0440. The highest BCUT2D eigenvalue weighted by Crippen LogP contribution is 2.27. The van der Waals surface area contributed by atoms with Gasteiger partial charge in [-0.1, -0.05) is 0 Å². The molecule has 4 heteroatoms. The van der Waals surface area contributed by atoms with Crippen molar-refractivity contribution in [3.05, 3.63) is 0 Å². The molecule has 2 aliphatic heterocycles. The first-order valence-corrected chi connectivity index (χ1v) is 5.49. The molecule has 0 amide bonds. The van der Waals surface area contributed by atoms with Gasteiger partial charge in [0.2, 0.25) is 0 Å². The van der Waals surface area contributed by atoms with Crippen LogP contribution in [0.3, 0.4) is 0 Å². The standard InChI is InChI=1S/C10H18F2N2/c11-10(12)3-4-13-9(7-10)8-14-5-1-2-6-14/h9,13H,1-8H2/t9-/m0/s1. The van der Waals surface area contributed by atoms with Crippen molar-refractivity contribution in [2.75, 3.05) is 26.2 Å². The Morgan fingerprint density at radius 2 is 2.00 bits per heavy atom. The molecule has 2 fully saturated rings. The van der Waals surface area contributed by atoms with Crippen LogP contribution in [0.4, 0.5) is 8.78 Å². The molecule has 0 bridgehead atoms. The van der Waals surface area contributed by atoms with E-state index in [1.54, 1.807) is 0 Å². The lowest BCUT2D eigenvalue weighted by Gasteiger charge is -2.32. The highest BCUT2D eigenvalue weighted by molar-refractivity contribution is 4.86. The molecule has 0 aliphatic carbocycles. The van der Waals surface area contributed by atoms with Gasteiger partial charge in [0, 0.05) is 32.0 Å². The van der Waals surface area contributed by atoms with Crippen molar-refractivity contribution in [2.24, 2.45) is 0 Å². The smallest absolute Gasteiger partial charge is 0.250 e. The summed E-state index contributed by atoms with van der Waals surface area (Å²) < 4.78 is 26.1. The summed E-state index contributed by atoms with van der Waals surface area (Å²) in [6, 6.07) is -0.00292. The topological polar surface area (TPSA) is 15.3 Å². The SMILES string of the molecule is FC1(F)CCN[C@H](CN2CCCC2)C1. The van der Waals surface area contributed by atoms with E-state index in [1.807, 2.05) is 0 Å². The van der Waals surface area contributed by atoms with E-state index in [9.17, 15) is 8.78 Å². The molecule has 0 saturated carbocycles. The summed E-state index contributed by atoms with van der Waals surface area (Å²) in [5.74, 6) is -2.43. The zero-order chi connectivity index (χ0) is 10.0. The quantitative estimate of drug-likeness (QED) is 0.732. The molecule has 0 aromatic rings. The summed E-state index contributed by atoms with van der Waals surface area (Å²) in [5.41, 5.74) is 0. The molecule has 0 unspecified atom stereocenters. The average Bonchev–Trinajstić information content (AvgIpc) is 2.54. The number of likely N-dealkylation sites (tertiary alicyclic amines) is 1.